The van der Waals surface area contributed by atoms with Crippen molar-refractivity contribution in [2.45, 2.75) is 43.9 Å². The van der Waals surface area contributed by atoms with Gasteiger partial charge in [-0.25, -0.2) is 0 Å². The summed E-state index contributed by atoms with van der Waals surface area (Å²) in [5.41, 5.74) is 2.05. The van der Waals surface area contributed by atoms with Gasteiger partial charge in [0, 0.05) is 10.3 Å². The smallest absolute Gasteiger partial charge is 0.0594 e. The fourth-order valence-electron chi connectivity index (χ4n) is 5.61. The third-order valence-electron chi connectivity index (χ3n) is 5.97. The van der Waals surface area contributed by atoms with Gasteiger partial charge in [-0.1, -0.05) is 51.0 Å². The third kappa shape index (κ3) is 1.64. The molecule has 4 saturated carbocycles. The Morgan fingerprint density at radius 2 is 1.40 bits per heavy atom. The van der Waals surface area contributed by atoms with Crippen LogP contribution >= 0.6 is 20.7 Å². The normalized spacial score (nSPS) is 38.5. The van der Waals surface area contributed by atoms with Gasteiger partial charge in [0.15, 0.2) is 0 Å². The lowest BCUT2D eigenvalue weighted by Gasteiger charge is -2.57. The molecule has 4 bridgehead atoms. The number of benzene rings is 1. The van der Waals surface area contributed by atoms with Crippen LogP contribution in [0.3, 0.4) is 0 Å². The Morgan fingerprint density at radius 3 is 1.90 bits per heavy atom. The second-order valence-electron chi connectivity index (χ2n) is 7.39. The maximum absolute atomic E-state index is 2.29. The zero-order chi connectivity index (χ0) is 13.2. The van der Waals surface area contributed by atoms with Crippen molar-refractivity contribution in [3.05, 3.63) is 35.2 Å². The highest BCUT2D eigenvalue weighted by atomic mass is 32.9. The molecule has 1 aromatic carbocycles. The van der Waals surface area contributed by atoms with Gasteiger partial charge in [0.25, 0.3) is 0 Å². The molecule has 6 rings (SSSR count). The Hall–Kier alpha value is -0.600. The standard InChI is InChI=1S/C18H20S2/c1-2-4-15(5-3-1)16-17(20-19-16)18-9-12-6-13(10-18)8-14(7-12)11-18/h1-5,12-14H,6-11H2. The topological polar surface area (TPSA) is 0 Å². The maximum Gasteiger partial charge on any atom is 0.0594 e. The van der Waals surface area contributed by atoms with Gasteiger partial charge in [-0.3, -0.25) is 0 Å². The van der Waals surface area contributed by atoms with Gasteiger partial charge in [0.2, 0.25) is 0 Å². The van der Waals surface area contributed by atoms with Crippen LogP contribution in [-0.4, -0.2) is 0 Å². The molecule has 2 aromatic rings. The lowest BCUT2D eigenvalue weighted by atomic mass is 9.49. The molecule has 0 atom stereocenters. The Morgan fingerprint density at radius 1 is 0.800 bits per heavy atom. The Kier molecular flexibility index (Phi) is 2.52. The molecule has 4 fully saturated rings. The van der Waals surface area contributed by atoms with E-state index in [1.54, 1.807) is 29.0 Å². The van der Waals surface area contributed by atoms with E-state index in [9.17, 15) is 0 Å². The molecule has 1 heterocycles. The Balaban J connectivity index is 1.56. The highest BCUT2D eigenvalue weighted by Crippen LogP contribution is 2.64. The predicted molar refractivity (Wildman–Crippen MR) is 87.5 cm³/mol. The van der Waals surface area contributed by atoms with Crippen molar-refractivity contribution in [1.82, 2.24) is 0 Å². The number of rotatable bonds is 2. The average molecular weight is 300 g/mol. The van der Waals surface area contributed by atoms with E-state index < -0.39 is 0 Å². The summed E-state index contributed by atoms with van der Waals surface area (Å²) >= 11 is 0. The molecule has 2 heteroatoms. The van der Waals surface area contributed by atoms with E-state index in [0.717, 1.165) is 17.8 Å². The van der Waals surface area contributed by atoms with Gasteiger partial charge in [-0.05, 0) is 61.8 Å². The quantitative estimate of drug-likeness (QED) is 0.602. The molecule has 104 valence electrons. The Bertz CT molecular complexity index is 584. The minimum atomic E-state index is 0.593. The van der Waals surface area contributed by atoms with Gasteiger partial charge < -0.3 is 0 Å². The largest absolute Gasteiger partial charge is 0.0824 e. The molecule has 0 spiro atoms. The van der Waals surface area contributed by atoms with Gasteiger partial charge in [-0.2, -0.15) is 0 Å². The van der Waals surface area contributed by atoms with Crippen LogP contribution in [-0.2, 0) is 5.41 Å². The first kappa shape index (κ1) is 12.0. The van der Waals surface area contributed by atoms with E-state index in [1.165, 1.54) is 24.8 Å². The number of hydrogen-bond donors (Lipinski definition) is 0. The van der Waals surface area contributed by atoms with E-state index in [-0.39, 0.29) is 0 Å². The van der Waals surface area contributed by atoms with Crippen molar-refractivity contribution in [2.75, 3.05) is 0 Å². The van der Waals surface area contributed by atoms with E-state index in [4.69, 9.17) is 0 Å². The van der Waals surface area contributed by atoms with Gasteiger partial charge in [0.05, 0.1) is 4.88 Å². The minimum Gasteiger partial charge on any atom is -0.0824 e. The Labute approximate surface area is 128 Å². The average Bonchev–Trinajstić information content (AvgIpc) is 2.36. The van der Waals surface area contributed by atoms with Crippen LogP contribution < -0.4 is 0 Å². The molecule has 0 radical (unpaired) electrons. The molecule has 4 aliphatic carbocycles. The fraction of sp³-hybridized carbons (Fsp3) is 0.556. The molecule has 0 unspecified atom stereocenters. The van der Waals surface area contributed by atoms with Crippen LogP contribution in [0, 0.1) is 17.8 Å². The third-order valence-corrected chi connectivity index (χ3v) is 8.84. The first-order valence-corrected chi connectivity index (χ1v) is 10.1. The van der Waals surface area contributed by atoms with Crippen LogP contribution in [0.2, 0.25) is 0 Å². The van der Waals surface area contributed by atoms with Crippen LogP contribution in [0.5, 0.6) is 0 Å². The minimum absolute atomic E-state index is 0.593. The molecule has 0 aliphatic heterocycles. The van der Waals surface area contributed by atoms with Crippen molar-refractivity contribution in [2.24, 2.45) is 17.8 Å². The van der Waals surface area contributed by atoms with Crippen LogP contribution in [0.4, 0.5) is 0 Å². The zero-order valence-corrected chi connectivity index (χ0v) is 13.3. The van der Waals surface area contributed by atoms with Crippen molar-refractivity contribution in [3.63, 3.8) is 0 Å². The fourth-order valence-corrected chi connectivity index (χ4v) is 8.42. The van der Waals surface area contributed by atoms with Crippen molar-refractivity contribution in [1.29, 1.82) is 0 Å². The van der Waals surface area contributed by atoms with Crippen LogP contribution in [0.25, 0.3) is 10.4 Å². The highest BCUT2D eigenvalue weighted by molar-refractivity contribution is 7.73. The molecule has 0 amide bonds. The molecule has 0 nitrogen and oxygen atoms in total. The summed E-state index contributed by atoms with van der Waals surface area (Å²) in [6, 6.07) is 11.1. The molecule has 20 heavy (non-hydrogen) atoms. The number of hydrogen-bond acceptors (Lipinski definition) is 2. The van der Waals surface area contributed by atoms with Crippen molar-refractivity contribution >= 4 is 20.7 Å². The summed E-state index contributed by atoms with van der Waals surface area (Å²) in [5.74, 6) is 3.16. The van der Waals surface area contributed by atoms with Crippen molar-refractivity contribution in [3.8, 4) is 10.4 Å². The molecule has 4 aliphatic rings. The molecule has 1 aromatic heterocycles. The second kappa shape index (κ2) is 4.20. The first-order valence-electron chi connectivity index (χ1n) is 7.97. The van der Waals surface area contributed by atoms with Gasteiger partial charge >= 0.3 is 0 Å². The van der Waals surface area contributed by atoms with Gasteiger partial charge in [-0.15, -0.1) is 0 Å². The van der Waals surface area contributed by atoms with E-state index in [0.29, 0.717) is 5.41 Å². The summed E-state index contributed by atoms with van der Waals surface area (Å²) in [5, 5.41) is 0. The SMILES string of the molecule is c1ccc(-c2ssc2C23CC4CC(CC(C4)C2)C3)cc1. The maximum atomic E-state index is 2.29. The molecule has 0 saturated heterocycles. The van der Waals surface area contributed by atoms with Gasteiger partial charge in [0.1, 0.15) is 0 Å². The van der Waals surface area contributed by atoms with Crippen LogP contribution in [0.1, 0.15) is 43.4 Å². The van der Waals surface area contributed by atoms with Crippen molar-refractivity contribution < 1.29 is 0 Å². The predicted octanol–water partition coefficient (Wildman–Crippen LogP) is 5.94. The van der Waals surface area contributed by atoms with E-state index >= 15 is 0 Å². The summed E-state index contributed by atoms with van der Waals surface area (Å²) in [7, 11) is 4.10. The lowest BCUT2D eigenvalue weighted by molar-refractivity contribution is -0.00324. The monoisotopic (exact) mass is 300 g/mol. The summed E-state index contributed by atoms with van der Waals surface area (Å²) in [6.45, 7) is 0. The zero-order valence-electron chi connectivity index (χ0n) is 11.7. The molecular formula is C18H20S2. The molecular weight excluding hydrogens is 280 g/mol. The van der Waals surface area contributed by atoms with E-state index in [2.05, 4.69) is 40.7 Å². The molecule has 0 N–H and O–H groups in total. The highest BCUT2D eigenvalue weighted by Gasteiger charge is 2.53. The van der Waals surface area contributed by atoms with Crippen LogP contribution in [0.15, 0.2) is 30.3 Å². The first-order chi connectivity index (χ1) is 9.82. The summed E-state index contributed by atoms with van der Waals surface area (Å²) in [6.07, 6.45) is 9.13. The summed E-state index contributed by atoms with van der Waals surface area (Å²) in [4.78, 5) is 3.38. The lowest BCUT2D eigenvalue weighted by Crippen LogP contribution is -2.48. The van der Waals surface area contributed by atoms with E-state index in [1.807, 2.05) is 10.3 Å². The summed E-state index contributed by atoms with van der Waals surface area (Å²) < 4.78 is 0. The second-order valence-corrected chi connectivity index (χ2v) is 9.54.